The van der Waals surface area contributed by atoms with Gasteiger partial charge >= 0.3 is 6.03 Å². The molecule has 0 saturated carbocycles. The summed E-state index contributed by atoms with van der Waals surface area (Å²) in [5.41, 5.74) is 5.34. The summed E-state index contributed by atoms with van der Waals surface area (Å²) in [5, 5.41) is 7.23. The van der Waals surface area contributed by atoms with Crippen molar-refractivity contribution < 1.29 is 4.79 Å². The van der Waals surface area contributed by atoms with Crippen molar-refractivity contribution in [3.05, 3.63) is 0 Å². The summed E-state index contributed by atoms with van der Waals surface area (Å²) in [6.07, 6.45) is 3.86. The molecule has 1 saturated heterocycles. The highest BCUT2D eigenvalue weighted by atomic mass is 16.2. The minimum absolute atomic E-state index is 0.00748. The molecule has 1 unspecified atom stereocenters. The van der Waals surface area contributed by atoms with Crippen LogP contribution in [0, 0.1) is 5.41 Å². The number of carbonyl (C=O) groups excluding carboxylic acids is 1. The van der Waals surface area contributed by atoms with Gasteiger partial charge in [-0.3, -0.25) is 5.41 Å². The summed E-state index contributed by atoms with van der Waals surface area (Å²) in [4.78, 5) is 15.6. The van der Waals surface area contributed by atoms with Gasteiger partial charge in [0.05, 0.1) is 5.84 Å². The van der Waals surface area contributed by atoms with Crippen LogP contribution in [0.15, 0.2) is 0 Å². The van der Waals surface area contributed by atoms with Gasteiger partial charge in [0.1, 0.15) is 0 Å². The Kier molecular flexibility index (Phi) is 4.58. The van der Waals surface area contributed by atoms with Crippen LogP contribution in [0.5, 0.6) is 0 Å². The number of hydrogen-bond acceptors (Lipinski definition) is 2. The third kappa shape index (κ3) is 3.40. The standard InChI is InChI=1S/C11H22N4O/c1-9(8-10(12)13)14(2)11(16)15-6-4-3-5-7-15/h9H,3-8H2,1-2H3,(H3,12,13). The third-order valence-corrected chi connectivity index (χ3v) is 3.10. The first-order valence-corrected chi connectivity index (χ1v) is 5.87. The van der Waals surface area contributed by atoms with Crippen molar-refractivity contribution in [3.8, 4) is 0 Å². The highest BCUT2D eigenvalue weighted by Crippen LogP contribution is 2.12. The van der Waals surface area contributed by atoms with Gasteiger partial charge in [-0.15, -0.1) is 0 Å². The third-order valence-electron chi connectivity index (χ3n) is 3.10. The number of nitrogens with two attached hydrogens (primary N) is 1. The first-order valence-electron chi connectivity index (χ1n) is 5.87. The molecule has 1 heterocycles. The molecule has 0 aromatic rings. The second kappa shape index (κ2) is 5.72. The lowest BCUT2D eigenvalue weighted by atomic mass is 10.1. The van der Waals surface area contributed by atoms with Crippen molar-refractivity contribution in [2.75, 3.05) is 20.1 Å². The fourth-order valence-electron chi connectivity index (χ4n) is 1.95. The number of carbonyl (C=O) groups is 1. The Morgan fingerprint density at radius 2 is 2.00 bits per heavy atom. The average molecular weight is 226 g/mol. The van der Waals surface area contributed by atoms with E-state index >= 15 is 0 Å². The largest absolute Gasteiger partial charge is 0.388 e. The molecule has 3 N–H and O–H groups in total. The highest BCUT2D eigenvalue weighted by molar-refractivity contribution is 5.79. The second-order valence-electron chi connectivity index (χ2n) is 4.52. The van der Waals surface area contributed by atoms with E-state index in [2.05, 4.69) is 0 Å². The zero-order valence-electron chi connectivity index (χ0n) is 10.2. The maximum atomic E-state index is 12.1. The van der Waals surface area contributed by atoms with Crippen molar-refractivity contribution in [2.24, 2.45) is 5.73 Å². The van der Waals surface area contributed by atoms with Gasteiger partial charge in [-0.2, -0.15) is 0 Å². The van der Waals surface area contributed by atoms with Crippen LogP contribution in [0.3, 0.4) is 0 Å². The molecule has 0 aromatic carbocycles. The average Bonchev–Trinajstić information content (AvgIpc) is 2.27. The summed E-state index contributed by atoms with van der Waals surface area (Å²) < 4.78 is 0. The molecule has 16 heavy (non-hydrogen) atoms. The Morgan fingerprint density at radius 1 is 1.44 bits per heavy atom. The fourth-order valence-corrected chi connectivity index (χ4v) is 1.95. The van der Waals surface area contributed by atoms with E-state index < -0.39 is 0 Å². The quantitative estimate of drug-likeness (QED) is 0.561. The normalized spacial score (nSPS) is 18.0. The molecule has 0 spiro atoms. The number of hydrogen-bond donors (Lipinski definition) is 2. The van der Waals surface area contributed by atoms with Gasteiger partial charge in [0.25, 0.3) is 0 Å². The lowest BCUT2D eigenvalue weighted by Gasteiger charge is -2.33. The molecule has 1 atom stereocenters. The maximum absolute atomic E-state index is 12.1. The molecule has 92 valence electrons. The Hall–Kier alpha value is -1.26. The molecule has 2 amide bonds. The van der Waals surface area contributed by atoms with Crippen LogP contribution in [0.2, 0.25) is 0 Å². The van der Waals surface area contributed by atoms with Crippen LogP contribution < -0.4 is 5.73 Å². The number of piperidine rings is 1. The van der Waals surface area contributed by atoms with Crippen LogP contribution >= 0.6 is 0 Å². The van der Waals surface area contributed by atoms with E-state index in [1.165, 1.54) is 6.42 Å². The number of amidine groups is 1. The summed E-state index contributed by atoms with van der Waals surface area (Å²) in [7, 11) is 1.78. The lowest BCUT2D eigenvalue weighted by molar-refractivity contribution is 0.141. The number of urea groups is 1. The maximum Gasteiger partial charge on any atom is 0.319 e. The number of amides is 2. The van der Waals surface area contributed by atoms with Crippen molar-refractivity contribution in [3.63, 3.8) is 0 Å². The molecule has 1 aliphatic rings. The van der Waals surface area contributed by atoms with Crippen molar-refractivity contribution in [1.29, 1.82) is 5.41 Å². The van der Waals surface area contributed by atoms with Crippen LogP contribution in [0.25, 0.3) is 0 Å². The molecular weight excluding hydrogens is 204 g/mol. The smallest absolute Gasteiger partial charge is 0.319 e. The second-order valence-corrected chi connectivity index (χ2v) is 4.52. The van der Waals surface area contributed by atoms with Gasteiger partial charge in [0.2, 0.25) is 0 Å². The predicted octanol–water partition coefficient (Wildman–Crippen LogP) is 1.24. The molecule has 1 fully saturated rings. The first-order chi connectivity index (χ1) is 7.52. The Labute approximate surface area is 97.1 Å². The lowest BCUT2D eigenvalue weighted by Crippen LogP contribution is -2.47. The van der Waals surface area contributed by atoms with Gasteiger partial charge in [-0.1, -0.05) is 0 Å². The Bertz CT molecular complexity index is 261. The highest BCUT2D eigenvalue weighted by Gasteiger charge is 2.23. The van der Waals surface area contributed by atoms with E-state index in [1.807, 2.05) is 11.8 Å². The van der Waals surface area contributed by atoms with E-state index in [0.29, 0.717) is 6.42 Å². The van der Waals surface area contributed by atoms with Crippen molar-refractivity contribution in [2.45, 2.75) is 38.6 Å². The van der Waals surface area contributed by atoms with Gasteiger partial charge in [0.15, 0.2) is 0 Å². The summed E-state index contributed by atoms with van der Waals surface area (Å²) in [5.74, 6) is 0.130. The van der Waals surface area contributed by atoms with Gasteiger partial charge in [-0.25, -0.2) is 4.79 Å². The van der Waals surface area contributed by atoms with E-state index in [-0.39, 0.29) is 17.9 Å². The first kappa shape index (κ1) is 12.8. The topological polar surface area (TPSA) is 73.4 Å². The van der Waals surface area contributed by atoms with Crippen LogP contribution in [-0.2, 0) is 0 Å². The number of nitrogens with zero attached hydrogens (tertiary/aromatic N) is 2. The fraction of sp³-hybridized carbons (Fsp3) is 0.818. The minimum Gasteiger partial charge on any atom is -0.388 e. The molecule has 0 aliphatic carbocycles. The van der Waals surface area contributed by atoms with E-state index in [0.717, 1.165) is 25.9 Å². The van der Waals surface area contributed by atoms with Crippen molar-refractivity contribution >= 4 is 11.9 Å². The molecule has 0 bridgehead atoms. The zero-order chi connectivity index (χ0) is 12.1. The number of nitrogens with one attached hydrogen (secondary N) is 1. The predicted molar refractivity (Wildman–Crippen MR) is 64.6 cm³/mol. The zero-order valence-corrected chi connectivity index (χ0v) is 10.2. The number of likely N-dealkylation sites (tertiary alicyclic amines) is 1. The Morgan fingerprint density at radius 3 is 2.50 bits per heavy atom. The molecule has 0 aromatic heterocycles. The van der Waals surface area contributed by atoms with Crippen LogP contribution in [0.4, 0.5) is 4.79 Å². The summed E-state index contributed by atoms with van der Waals surface area (Å²) in [6.45, 7) is 3.63. The molecular formula is C11H22N4O. The van der Waals surface area contributed by atoms with Gasteiger partial charge < -0.3 is 15.5 Å². The summed E-state index contributed by atoms with van der Waals surface area (Å²) in [6, 6.07) is 0.0559. The molecule has 5 heteroatoms. The molecule has 5 nitrogen and oxygen atoms in total. The molecule has 0 radical (unpaired) electrons. The summed E-state index contributed by atoms with van der Waals surface area (Å²) >= 11 is 0. The van der Waals surface area contributed by atoms with E-state index in [1.54, 1.807) is 11.9 Å². The Balaban J connectivity index is 2.48. The van der Waals surface area contributed by atoms with Crippen LogP contribution in [-0.4, -0.2) is 47.8 Å². The van der Waals surface area contributed by atoms with Gasteiger partial charge in [0, 0.05) is 32.6 Å². The monoisotopic (exact) mass is 226 g/mol. The number of rotatable bonds is 3. The minimum atomic E-state index is -0.00748. The SMILES string of the molecule is CC(CC(=N)N)N(C)C(=O)N1CCCCC1. The molecule has 1 rings (SSSR count). The van der Waals surface area contributed by atoms with Gasteiger partial charge in [-0.05, 0) is 26.2 Å². The van der Waals surface area contributed by atoms with Crippen LogP contribution in [0.1, 0.15) is 32.6 Å². The van der Waals surface area contributed by atoms with E-state index in [4.69, 9.17) is 11.1 Å². The van der Waals surface area contributed by atoms with Crippen molar-refractivity contribution in [1.82, 2.24) is 9.80 Å². The van der Waals surface area contributed by atoms with E-state index in [9.17, 15) is 4.79 Å². The molecule has 1 aliphatic heterocycles.